The van der Waals surface area contributed by atoms with E-state index in [2.05, 4.69) is 33.0 Å². The Labute approximate surface area is 262 Å². The number of carbonyl (C=O) groups excluding carboxylic acids is 3. The highest BCUT2D eigenvalue weighted by molar-refractivity contribution is 6.02. The van der Waals surface area contributed by atoms with Crippen LogP contribution in [0.25, 0.3) is 0 Å². The molecule has 1 amide bonds. The molecule has 0 bridgehead atoms. The van der Waals surface area contributed by atoms with Crippen LogP contribution in [0, 0.1) is 46.8 Å². The van der Waals surface area contributed by atoms with Crippen LogP contribution in [-0.4, -0.2) is 36.6 Å². The number of methoxy groups -OCH3 is 1. The normalized spacial score (nSPS) is 37.8. The second-order valence-electron chi connectivity index (χ2n) is 15.1. The number of rotatable bonds is 6. The minimum atomic E-state index is -0.639. The fourth-order valence-corrected chi connectivity index (χ4v) is 10.9. The minimum absolute atomic E-state index is 0.0348. The Morgan fingerprint density at radius 1 is 0.977 bits per heavy atom. The lowest BCUT2D eigenvalue weighted by molar-refractivity contribution is -0.169. The maximum absolute atomic E-state index is 13.7. The van der Waals surface area contributed by atoms with Crippen LogP contribution in [0.2, 0.25) is 0 Å². The molecule has 9 atom stereocenters. The average Bonchev–Trinajstić information content (AvgIpc) is 3.29. The number of nitrogens with one attached hydrogen (secondary N) is 1. The lowest BCUT2D eigenvalue weighted by Crippen LogP contribution is -2.59. The molecule has 1 aromatic rings. The van der Waals surface area contributed by atoms with E-state index >= 15 is 0 Å². The van der Waals surface area contributed by atoms with Crippen LogP contribution in [0.15, 0.2) is 35.4 Å². The van der Waals surface area contributed by atoms with Gasteiger partial charge in [-0.15, -0.1) is 0 Å². The number of hydrogen-bond donors (Lipinski definition) is 1. The summed E-state index contributed by atoms with van der Waals surface area (Å²) in [7, 11) is 1.63. The molecule has 0 aliphatic heterocycles. The highest BCUT2D eigenvalue weighted by Crippen LogP contribution is 2.66. The Balaban J connectivity index is 1.22. The van der Waals surface area contributed by atoms with Crippen LogP contribution >= 0.6 is 0 Å². The van der Waals surface area contributed by atoms with E-state index in [4.69, 9.17) is 14.2 Å². The molecule has 44 heavy (non-hydrogen) atoms. The number of esters is 1. The molecule has 6 rings (SSSR count). The van der Waals surface area contributed by atoms with E-state index in [1.54, 1.807) is 7.11 Å². The van der Waals surface area contributed by atoms with Gasteiger partial charge in [0, 0.05) is 13.3 Å². The van der Waals surface area contributed by atoms with Crippen molar-refractivity contribution in [1.82, 2.24) is 5.32 Å². The van der Waals surface area contributed by atoms with Crippen molar-refractivity contribution in [3.8, 4) is 5.75 Å². The number of alkyl carbamates (subject to hydrolysis) is 1. The summed E-state index contributed by atoms with van der Waals surface area (Å²) < 4.78 is 16.7. The quantitative estimate of drug-likeness (QED) is 0.340. The van der Waals surface area contributed by atoms with Gasteiger partial charge in [-0.1, -0.05) is 39.8 Å². The summed E-state index contributed by atoms with van der Waals surface area (Å²) in [6, 6.07) is 7.51. The molecule has 4 saturated carbocycles. The van der Waals surface area contributed by atoms with Gasteiger partial charge in [-0.3, -0.25) is 9.59 Å². The summed E-state index contributed by atoms with van der Waals surface area (Å²) in [5.41, 5.74) is 2.70. The van der Waals surface area contributed by atoms with Gasteiger partial charge in [0.1, 0.15) is 18.5 Å². The average molecular weight is 606 g/mol. The first-order valence-corrected chi connectivity index (χ1v) is 17.0. The van der Waals surface area contributed by atoms with Crippen molar-refractivity contribution < 1.29 is 28.6 Å². The Morgan fingerprint density at radius 2 is 1.70 bits per heavy atom. The topological polar surface area (TPSA) is 90.9 Å². The second kappa shape index (κ2) is 11.8. The molecule has 9 unspecified atom stereocenters. The first-order valence-electron chi connectivity index (χ1n) is 17.0. The SMILES string of the molecule is COc1ccc(COC(=O)NC23CCC4C(CCC5C4CCC4C(C)C(OC(C)=O)CCC45C)C2=C(C(C)C)C(=O)C3)cc1. The third kappa shape index (κ3) is 5.26. The number of ether oxygens (including phenoxy) is 3. The van der Waals surface area contributed by atoms with Gasteiger partial charge in [0.25, 0.3) is 0 Å². The zero-order chi connectivity index (χ0) is 31.4. The number of benzene rings is 1. The van der Waals surface area contributed by atoms with Crippen LogP contribution in [0.5, 0.6) is 5.75 Å². The number of amides is 1. The van der Waals surface area contributed by atoms with Crippen LogP contribution in [0.4, 0.5) is 4.79 Å². The number of Topliss-reactive ketones (excluding diaryl/α,β-unsaturated/α-hetero) is 1. The van der Waals surface area contributed by atoms with Crippen molar-refractivity contribution in [1.29, 1.82) is 0 Å². The molecular formula is C37H51NO6. The number of allylic oxidation sites excluding steroid dienone is 1. The van der Waals surface area contributed by atoms with E-state index in [-0.39, 0.29) is 35.8 Å². The van der Waals surface area contributed by atoms with Crippen LogP contribution in [0.3, 0.4) is 0 Å². The number of carbonyl (C=O) groups is 3. The smallest absolute Gasteiger partial charge is 0.408 e. The van der Waals surface area contributed by atoms with E-state index in [9.17, 15) is 14.4 Å². The molecule has 5 aliphatic carbocycles. The van der Waals surface area contributed by atoms with Crippen LogP contribution in [0.1, 0.15) is 98.0 Å². The number of hydrogen-bond acceptors (Lipinski definition) is 6. The van der Waals surface area contributed by atoms with Gasteiger partial charge in [-0.05, 0) is 127 Å². The van der Waals surface area contributed by atoms with Crippen molar-refractivity contribution in [2.24, 2.45) is 46.8 Å². The molecule has 0 saturated heterocycles. The van der Waals surface area contributed by atoms with Gasteiger partial charge in [-0.2, -0.15) is 0 Å². The van der Waals surface area contributed by atoms with Crippen LogP contribution in [-0.2, 0) is 25.7 Å². The predicted molar refractivity (Wildman–Crippen MR) is 168 cm³/mol. The summed E-state index contributed by atoms with van der Waals surface area (Å²) in [6.45, 7) is 10.8. The van der Waals surface area contributed by atoms with E-state index in [1.165, 1.54) is 25.3 Å². The summed E-state index contributed by atoms with van der Waals surface area (Å²) >= 11 is 0. The molecule has 0 aromatic heterocycles. The number of ketones is 1. The standard InChI is InChI=1S/C37H51NO6/c1-21(2)33-31(40)19-37(38-35(41)43-20-24-7-9-25(42-6)10-8-24)18-15-26-27-11-13-29-22(3)32(44-23(4)39)16-17-36(29,5)30(27)14-12-28(26)34(33)37/h7-10,21-22,26-30,32H,11-20H2,1-6H3,(H,38,41). The third-order valence-corrected chi connectivity index (χ3v) is 12.7. The molecule has 0 radical (unpaired) electrons. The van der Waals surface area contributed by atoms with Crippen molar-refractivity contribution in [3.05, 3.63) is 41.0 Å². The molecule has 4 fully saturated rings. The number of fused-ring (bicyclic) bond motifs is 7. The first-order chi connectivity index (χ1) is 21.0. The third-order valence-electron chi connectivity index (χ3n) is 12.7. The van der Waals surface area contributed by atoms with Crippen molar-refractivity contribution in [2.45, 2.75) is 111 Å². The fourth-order valence-electron chi connectivity index (χ4n) is 10.9. The predicted octanol–water partition coefficient (Wildman–Crippen LogP) is 7.42. The van der Waals surface area contributed by atoms with Gasteiger partial charge in [-0.25, -0.2) is 4.79 Å². The molecule has 7 heteroatoms. The minimum Gasteiger partial charge on any atom is -0.497 e. The van der Waals surface area contributed by atoms with Crippen molar-refractivity contribution in [2.75, 3.05) is 7.11 Å². The van der Waals surface area contributed by atoms with Gasteiger partial charge in [0.15, 0.2) is 5.78 Å². The van der Waals surface area contributed by atoms with E-state index < -0.39 is 11.6 Å². The Morgan fingerprint density at radius 3 is 2.39 bits per heavy atom. The molecule has 5 aliphatic rings. The summed E-state index contributed by atoms with van der Waals surface area (Å²) in [5.74, 6) is 4.01. The molecule has 1 N–H and O–H groups in total. The first kappa shape index (κ1) is 31.2. The van der Waals surface area contributed by atoms with Crippen LogP contribution < -0.4 is 10.1 Å². The van der Waals surface area contributed by atoms with Crippen molar-refractivity contribution in [3.63, 3.8) is 0 Å². The fraction of sp³-hybridized carbons (Fsp3) is 0.703. The molecular weight excluding hydrogens is 554 g/mol. The van der Waals surface area contributed by atoms with E-state index in [1.807, 2.05) is 24.3 Å². The van der Waals surface area contributed by atoms with Gasteiger partial charge < -0.3 is 19.5 Å². The molecule has 7 nitrogen and oxygen atoms in total. The summed E-state index contributed by atoms with van der Waals surface area (Å²) in [4.78, 5) is 38.8. The monoisotopic (exact) mass is 605 g/mol. The molecule has 0 heterocycles. The second-order valence-corrected chi connectivity index (χ2v) is 15.1. The van der Waals surface area contributed by atoms with Gasteiger partial charge in [0.2, 0.25) is 0 Å². The van der Waals surface area contributed by atoms with E-state index in [0.29, 0.717) is 41.9 Å². The molecule has 240 valence electrons. The summed E-state index contributed by atoms with van der Waals surface area (Å²) in [6.07, 6.45) is 8.42. The molecule has 0 spiro atoms. The zero-order valence-corrected chi connectivity index (χ0v) is 27.4. The van der Waals surface area contributed by atoms with Gasteiger partial charge >= 0.3 is 12.1 Å². The van der Waals surface area contributed by atoms with Crippen molar-refractivity contribution >= 4 is 17.8 Å². The Hall–Kier alpha value is -2.83. The summed E-state index contributed by atoms with van der Waals surface area (Å²) in [5, 5.41) is 3.28. The lowest BCUT2D eigenvalue weighted by atomic mass is 9.43. The highest BCUT2D eigenvalue weighted by atomic mass is 16.5. The zero-order valence-electron chi connectivity index (χ0n) is 27.4. The maximum Gasteiger partial charge on any atom is 0.408 e. The lowest BCUT2D eigenvalue weighted by Gasteiger charge is -2.62. The maximum atomic E-state index is 13.7. The molecule has 1 aromatic carbocycles. The Kier molecular flexibility index (Phi) is 8.38. The highest BCUT2D eigenvalue weighted by Gasteiger charge is 2.61. The van der Waals surface area contributed by atoms with Gasteiger partial charge in [0.05, 0.1) is 12.6 Å². The van der Waals surface area contributed by atoms with E-state index in [0.717, 1.165) is 55.4 Å². The largest absolute Gasteiger partial charge is 0.497 e. The Bertz CT molecular complexity index is 1320.